The highest BCUT2D eigenvalue weighted by Crippen LogP contribution is 2.34. The van der Waals surface area contributed by atoms with Gasteiger partial charge in [-0.3, -0.25) is 4.79 Å². The molecular formula is C21H40O2. The van der Waals surface area contributed by atoms with Gasteiger partial charge in [0.05, 0.1) is 5.92 Å². The number of carbonyl (C=O) groups is 1. The Morgan fingerprint density at radius 1 is 0.783 bits per heavy atom. The minimum Gasteiger partial charge on any atom is -0.481 e. The second kappa shape index (κ2) is 13.9. The molecule has 0 aliphatic heterocycles. The van der Waals surface area contributed by atoms with Gasteiger partial charge in [0.15, 0.2) is 0 Å². The SMILES string of the molecule is CCCCCCCCCCCCCCCC1CCC(C(=O)O)C1. The molecule has 1 saturated carbocycles. The first-order chi connectivity index (χ1) is 11.2. The first kappa shape index (κ1) is 20.5. The lowest BCUT2D eigenvalue weighted by Crippen LogP contribution is -2.09. The third kappa shape index (κ3) is 10.8. The van der Waals surface area contributed by atoms with Crippen LogP contribution in [0.15, 0.2) is 0 Å². The van der Waals surface area contributed by atoms with Crippen LogP contribution in [-0.2, 0) is 4.79 Å². The molecule has 0 saturated heterocycles. The van der Waals surface area contributed by atoms with E-state index in [4.69, 9.17) is 5.11 Å². The zero-order valence-corrected chi connectivity index (χ0v) is 15.5. The molecule has 2 nitrogen and oxygen atoms in total. The molecule has 23 heavy (non-hydrogen) atoms. The van der Waals surface area contributed by atoms with Crippen LogP contribution in [0.1, 0.15) is 116 Å². The van der Waals surface area contributed by atoms with Gasteiger partial charge in [0.2, 0.25) is 0 Å². The topological polar surface area (TPSA) is 37.3 Å². The average Bonchev–Trinajstić information content (AvgIpc) is 3.01. The summed E-state index contributed by atoms with van der Waals surface area (Å²) in [6, 6.07) is 0. The molecule has 2 atom stereocenters. The highest BCUT2D eigenvalue weighted by molar-refractivity contribution is 5.70. The molecule has 1 fully saturated rings. The molecule has 0 bridgehead atoms. The van der Waals surface area contributed by atoms with Gasteiger partial charge >= 0.3 is 5.97 Å². The Labute approximate surface area is 144 Å². The zero-order valence-electron chi connectivity index (χ0n) is 15.5. The van der Waals surface area contributed by atoms with E-state index >= 15 is 0 Å². The first-order valence-corrected chi connectivity index (χ1v) is 10.5. The number of hydrogen-bond donors (Lipinski definition) is 1. The Balaban J connectivity index is 1.76. The van der Waals surface area contributed by atoms with Crippen molar-refractivity contribution >= 4 is 5.97 Å². The summed E-state index contributed by atoms with van der Waals surface area (Å²) in [5, 5.41) is 9.02. The van der Waals surface area contributed by atoms with Gasteiger partial charge in [0.1, 0.15) is 0 Å². The lowest BCUT2D eigenvalue weighted by Gasteiger charge is -2.09. The lowest BCUT2D eigenvalue weighted by molar-refractivity contribution is -0.141. The molecule has 1 aliphatic carbocycles. The summed E-state index contributed by atoms with van der Waals surface area (Å²) >= 11 is 0. The normalized spacial score (nSPS) is 20.9. The van der Waals surface area contributed by atoms with Crippen molar-refractivity contribution in [1.82, 2.24) is 0 Å². The van der Waals surface area contributed by atoms with Crippen molar-refractivity contribution < 1.29 is 9.90 Å². The Hall–Kier alpha value is -0.530. The molecular weight excluding hydrogens is 284 g/mol. The predicted octanol–water partition coefficient (Wildman–Crippen LogP) is 6.97. The molecule has 1 aliphatic rings. The molecule has 0 aromatic carbocycles. The Bertz CT molecular complexity index is 288. The standard InChI is InChI=1S/C21H40O2/c1-2-3-4-5-6-7-8-9-10-11-12-13-14-15-19-16-17-20(18-19)21(22)23/h19-20H,2-18H2,1H3,(H,22,23). The van der Waals surface area contributed by atoms with Crippen molar-refractivity contribution in [3.63, 3.8) is 0 Å². The largest absolute Gasteiger partial charge is 0.481 e. The Morgan fingerprint density at radius 3 is 1.70 bits per heavy atom. The van der Waals surface area contributed by atoms with E-state index in [2.05, 4.69) is 6.92 Å². The van der Waals surface area contributed by atoms with Crippen LogP contribution in [0.4, 0.5) is 0 Å². The number of hydrogen-bond acceptors (Lipinski definition) is 1. The van der Waals surface area contributed by atoms with Crippen molar-refractivity contribution in [3.05, 3.63) is 0 Å². The van der Waals surface area contributed by atoms with E-state index in [-0.39, 0.29) is 5.92 Å². The number of carboxylic acids is 1. The van der Waals surface area contributed by atoms with Crippen LogP contribution in [-0.4, -0.2) is 11.1 Å². The molecule has 1 N–H and O–H groups in total. The first-order valence-electron chi connectivity index (χ1n) is 10.5. The van der Waals surface area contributed by atoms with Crippen LogP contribution in [0.25, 0.3) is 0 Å². The molecule has 0 spiro atoms. The summed E-state index contributed by atoms with van der Waals surface area (Å²) in [6.45, 7) is 2.28. The van der Waals surface area contributed by atoms with Crippen LogP contribution >= 0.6 is 0 Å². The monoisotopic (exact) mass is 324 g/mol. The average molecular weight is 325 g/mol. The molecule has 2 heteroatoms. The van der Waals surface area contributed by atoms with Crippen molar-refractivity contribution in [2.45, 2.75) is 116 Å². The second-order valence-electron chi connectivity index (χ2n) is 7.75. The van der Waals surface area contributed by atoms with E-state index in [1.165, 1.54) is 89.9 Å². The van der Waals surface area contributed by atoms with E-state index in [0.717, 1.165) is 19.3 Å². The van der Waals surface area contributed by atoms with Crippen LogP contribution < -0.4 is 0 Å². The van der Waals surface area contributed by atoms with Crippen LogP contribution in [0.3, 0.4) is 0 Å². The van der Waals surface area contributed by atoms with E-state index in [1.807, 2.05) is 0 Å². The number of rotatable bonds is 15. The summed E-state index contributed by atoms with van der Waals surface area (Å²) in [5.74, 6) is 0.0867. The van der Waals surface area contributed by atoms with Gasteiger partial charge in [0, 0.05) is 0 Å². The fourth-order valence-corrected chi connectivity index (χ4v) is 4.01. The van der Waals surface area contributed by atoms with E-state index in [0.29, 0.717) is 5.92 Å². The molecule has 0 heterocycles. The van der Waals surface area contributed by atoms with Crippen LogP contribution in [0.5, 0.6) is 0 Å². The molecule has 2 unspecified atom stereocenters. The van der Waals surface area contributed by atoms with Crippen molar-refractivity contribution in [2.24, 2.45) is 11.8 Å². The van der Waals surface area contributed by atoms with E-state index in [1.54, 1.807) is 0 Å². The third-order valence-corrected chi connectivity index (χ3v) is 5.61. The van der Waals surface area contributed by atoms with Crippen molar-refractivity contribution in [3.8, 4) is 0 Å². The lowest BCUT2D eigenvalue weighted by atomic mass is 9.97. The van der Waals surface area contributed by atoms with Gasteiger partial charge in [0.25, 0.3) is 0 Å². The van der Waals surface area contributed by atoms with Gasteiger partial charge in [-0.15, -0.1) is 0 Å². The zero-order chi connectivity index (χ0) is 16.8. The molecule has 0 amide bonds. The highest BCUT2D eigenvalue weighted by Gasteiger charge is 2.28. The summed E-state index contributed by atoms with van der Waals surface area (Å²) in [5.41, 5.74) is 0. The molecule has 136 valence electrons. The van der Waals surface area contributed by atoms with Crippen LogP contribution in [0.2, 0.25) is 0 Å². The minimum atomic E-state index is -0.571. The van der Waals surface area contributed by atoms with Crippen LogP contribution in [0, 0.1) is 11.8 Å². The molecule has 1 rings (SSSR count). The summed E-state index contributed by atoms with van der Waals surface area (Å²) in [6.07, 6.45) is 22.5. The van der Waals surface area contributed by atoms with Gasteiger partial charge in [-0.25, -0.2) is 0 Å². The van der Waals surface area contributed by atoms with Crippen molar-refractivity contribution in [2.75, 3.05) is 0 Å². The van der Waals surface area contributed by atoms with E-state index < -0.39 is 5.97 Å². The van der Waals surface area contributed by atoms with Gasteiger partial charge in [-0.2, -0.15) is 0 Å². The second-order valence-corrected chi connectivity index (χ2v) is 7.75. The summed E-state index contributed by atoms with van der Waals surface area (Å²) in [4.78, 5) is 10.9. The number of carboxylic acid groups (broad SMARTS) is 1. The van der Waals surface area contributed by atoms with Crippen molar-refractivity contribution in [1.29, 1.82) is 0 Å². The third-order valence-electron chi connectivity index (χ3n) is 5.61. The molecule has 0 aromatic heterocycles. The van der Waals surface area contributed by atoms with Gasteiger partial charge < -0.3 is 5.11 Å². The maximum Gasteiger partial charge on any atom is 0.306 e. The minimum absolute atomic E-state index is 0.0398. The fraction of sp³-hybridized carbons (Fsp3) is 0.952. The molecule has 0 aromatic rings. The highest BCUT2D eigenvalue weighted by atomic mass is 16.4. The number of unbranched alkanes of at least 4 members (excludes halogenated alkanes) is 12. The number of aliphatic carboxylic acids is 1. The maximum absolute atomic E-state index is 10.9. The van der Waals surface area contributed by atoms with Gasteiger partial charge in [-0.1, -0.05) is 96.8 Å². The summed E-state index contributed by atoms with van der Waals surface area (Å²) < 4.78 is 0. The fourth-order valence-electron chi connectivity index (χ4n) is 4.01. The Morgan fingerprint density at radius 2 is 1.26 bits per heavy atom. The van der Waals surface area contributed by atoms with E-state index in [9.17, 15) is 4.79 Å². The Kier molecular flexibility index (Phi) is 12.4. The quantitative estimate of drug-likeness (QED) is 0.330. The molecule has 0 radical (unpaired) electrons. The van der Waals surface area contributed by atoms with Gasteiger partial charge in [-0.05, 0) is 25.2 Å². The smallest absolute Gasteiger partial charge is 0.306 e. The predicted molar refractivity (Wildman–Crippen MR) is 98.8 cm³/mol. The maximum atomic E-state index is 10.9. The summed E-state index contributed by atoms with van der Waals surface area (Å²) in [7, 11) is 0.